The number of halogens is 4. The number of benzene rings is 1. The molecule has 0 N–H and O–H groups in total. The van der Waals surface area contributed by atoms with Crippen molar-refractivity contribution in [2.24, 2.45) is 0 Å². The van der Waals surface area contributed by atoms with Crippen molar-refractivity contribution in [3.05, 3.63) is 20.1 Å². The molecule has 1 aromatic rings. The zero-order valence-corrected chi connectivity index (χ0v) is 11.4. The molecule has 0 unspecified atom stereocenters. The summed E-state index contributed by atoms with van der Waals surface area (Å²) in [5.41, 5.74) is 0. The van der Waals surface area contributed by atoms with Crippen LogP contribution in [0.3, 0.4) is 0 Å². The van der Waals surface area contributed by atoms with Crippen LogP contribution < -0.4 is 10.2 Å². The van der Waals surface area contributed by atoms with Gasteiger partial charge in [-0.15, -0.1) is 0 Å². The molecule has 1 aromatic carbocycles. The van der Waals surface area contributed by atoms with Crippen LogP contribution >= 0.6 is 46.4 Å². The van der Waals surface area contributed by atoms with E-state index in [2.05, 4.69) is 0 Å². The summed E-state index contributed by atoms with van der Waals surface area (Å²) >= 11 is 21.7. The van der Waals surface area contributed by atoms with Gasteiger partial charge in [-0.3, -0.25) is 0 Å². The van der Waals surface area contributed by atoms with Crippen LogP contribution in [-0.4, -0.2) is 24.4 Å². The van der Waals surface area contributed by atoms with Gasteiger partial charge < -0.3 is 10.2 Å². The van der Waals surface area contributed by atoms with Crippen molar-refractivity contribution in [2.45, 2.75) is 0 Å². The predicted octanol–water partition coefficient (Wildman–Crippen LogP) is 2.31. The number of hydrogen-bond acceptors (Lipinski definition) is 2. The molecule has 13 heavy (non-hydrogen) atoms. The van der Waals surface area contributed by atoms with Gasteiger partial charge in [0.2, 0.25) is 0 Å². The van der Waals surface area contributed by atoms with Crippen molar-refractivity contribution in [1.29, 1.82) is 0 Å². The minimum absolute atomic E-state index is 0. The third-order valence-electron chi connectivity index (χ3n) is 1.18. The summed E-state index contributed by atoms with van der Waals surface area (Å²) < 4.78 is 0. The molecule has 7 heteroatoms. The van der Waals surface area contributed by atoms with Crippen LogP contribution in [0.5, 0.6) is 11.5 Å². The van der Waals surface area contributed by atoms with Crippen LogP contribution in [-0.2, 0) is 0 Å². The predicted molar refractivity (Wildman–Crippen MR) is 53.2 cm³/mol. The van der Waals surface area contributed by atoms with E-state index >= 15 is 0 Å². The first-order valence-electron chi connectivity index (χ1n) is 2.66. The molecule has 1 rings (SSSR count). The Hall–Kier alpha value is 0.798. The number of rotatable bonds is 0. The van der Waals surface area contributed by atoms with Gasteiger partial charge in [-0.25, -0.2) is 0 Å². The van der Waals surface area contributed by atoms with E-state index in [1.807, 2.05) is 0 Å². The first kappa shape index (κ1) is 13.8. The molecule has 0 fully saturated rings. The second-order valence-corrected chi connectivity index (χ2v) is 3.43. The molecule has 0 bridgehead atoms. The van der Waals surface area contributed by atoms with Crippen LogP contribution in [0.1, 0.15) is 1.43 Å². The maximum Gasteiger partial charge on any atom is 0.0786 e. The third-order valence-corrected chi connectivity index (χ3v) is 2.95. The Labute approximate surface area is 113 Å². The van der Waals surface area contributed by atoms with Gasteiger partial charge in [0, 0.05) is 25.9 Å². The molecule has 0 saturated heterocycles. The Morgan fingerprint density at radius 3 is 1.15 bits per heavy atom. The molecule has 2 nitrogen and oxygen atoms in total. The summed E-state index contributed by atoms with van der Waals surface area (Å²) in [5.74, 6) is -1.87. The molecular weight excluding hydrogens is 368 g/mol. The Bertz CT molecular complexity index is 242. The summed E-state index contributed by atoms with van der Waals surface area (Å²) in [6, 6.07) is 0. The van der Waals surface area contributed by atoms with E-state index < -0.39 is 21.5 Å². The SMILES string of the molecule is [HH].[O-]c1c([O-])c(Cl)c(Cl)c(Cl)c1Cl.[Sb]. The zero-order valence-electron chi connectivity index (χ0n) is 5.78. The average Bonchev–Trinajstić information content (AvgIpc) is 2.08. The standard InChI is InChI=1S/C6H2Cl4O2.Sb.H2/c7-1-2(8)4(10)6(12)5(11)3(1)9;;/h11-12H;;1H/p-2. The second kappa shape index (κ2) is 5.04. The minimum atomic E-state index is -0.934. The first-order chi connectivity index (χ1) is 5.46. The van der Waals surface area contributed by atoms with E-state index in [4.69, 9.17) is 46.4 Å². The molecule has 0 aromatic heterocycles. The summed E-state index contributed by atoms with van der Waals surface area (Å²) in [4.78, 5) is 0. The van der Waals surface area contributed by atoms with Gasteiger partial charge in [0.1, 0.15) is 0 Å². The van der Waals surface area contributed by atoms with Gasteiger partial charge in [0.25, 0.3) is 0 Å². The van der Waals surface area contributed by atoms with Crippen LogP contribution in [0, 0.1) is 0 Å². The van der Waals surface area contributed by atoms with Gasteiger partial charge in [0.15, 0.2) is 0 Å². The molecule has 0 aliphatic carbocycles. The van der Waals surface area contributed by atoms with Crippen LogP contribution in [0.2, 0.25) is 20.1 Å². The molecule has 0 spiro atoms. The monoisotopic (exact) mass is 367 g/mol. The summed E-state index contributed by atoms with van der Waals surface area (Å²) in [6.07, 6.45) is 0. The molecule has 0 aliphatic heterocycles. The van der Waals surface area contributed by atoms with Crippen LogP contribution in [0.4, 0.5) is 0 Å². The molecular formula is C6H2Cl4O2Sb-2. The van der Waals surface area contributed by atoms with Crippen molar-refractivity contribution < 1.29 is 11.6 Å². The fourth-order valence-corrected chi connectivity index (χ4v) is 1.41. The van der Waals surface area contributed by atoms with Gasteiger partial charge in [0.05, 0.1) is 20.1 Å². The molecule has 0 aliphatic rings. The summed E-state index contributed by atoms with van der Waals surface area (Å²) in [5, 5.41) is 20.6. The Morgan fingerprint density at radius 2 is 0.923 bits per heavy atom. The summed E-state index contributed by atoms with van der Waals surface area (Å²) in [7, 11) is 0. The largest absolute Gasteiger partial charge is 0.872 e. The first-order valence-corrected chi connectivity index (χ1v) is 4.18. The van der Waals surface area contributed by atoms with Crippen LogP contribution in [0.25, 0.3) is 0 Å². The van der Waals surface area contributed by atoms with Crippen LogP contribution in [0.15, 0.2) is 0 Å². The van der Waals surface area contributed by atoms with Gasteiger partial charge >= 0.3 is 0 Å². The van der Waals surface area contributed by atoms with E-state index in [1.54, 1.807) is 0 Å². The van der Waals surface area contributed by atoms with E-state index in [-0.39, 0.29) is 35.9 Å². The fourth-order valence-electron chi connectivity index (χ4n) is 0.591. The minimum Gasteiger partial charge on any atom is -0.872 e. The van der Waals surface area contributed by atoms with E-state index in [0.29, 0.717) is 0 Å². The van der Waals surface area contributed by atoms with Gasteiger partial charge in [-0.2, -0.15) is 0 Å². The Kier molecular flexibility index (Phi) is 5.35. The zero-order chi connectivity index (χ0) is 9.46. The fraction of sp³-hybridized carbons (Fsp3) is 0. The van der Waals surface area contributed by atoms with Crippen molar-refractivity contribution in [1.82, 2.24) is 0 Å². The Balaban J connectivity index is 0. The average molecular weight is 370 g/mol. The molecule has 0 atom stereocenters. The Morgan fingerprint density at radius 1 is 0.692 bits per heavy atom. The van der Waals surface area contributed by atoms with Gasteiger partial charge in [-0.05, 0) is 0 Å². The molecule has 0 amide bonds. The maximum absolute atomic E-state index is 10.9. The van der Waals surface area contributed by atoms with Crippen molar-refractivity contribution in [2.75, 3.05) is 0 Å². The molecule has 73 valence electrons. The van der Waals surface area contributed by atoms with Crippen molar-refractivity contribution >= 4 is 70.8 Å². The smallest absolute Gasteiger partial charge is 0.0786 e. The quantitative estimate of drug-likeness (QED) is 0.400. The van der Waals surface area contributed by atoms with E-state index in [1.165, 1.54) is 0 Å². The van der Waals surface area contributed by atoms with Crippen molar-refractivity contribution in [3.8, 4) is 11.5 Å². The second-order valence-electron chi connectivity index (χ2n) is 1.91. The van der Waals surface area contributed by atoms with E-state index in [0.717, 1.165) is 0 Å². The molecule has 0 heterocycles. The summed E-state index contributed by atoms with van der Waals surface area (Å²) in [6.45, 7) is 0. The van der Waals surface area contributed by atoms with E-state index in [9.17, 15) is 10.2 Å². The third kappa shape index (κ3) is 2.43. The van der Waals surface area contributed by atoms with Crippen molar-refractivity contribution in [3.63, 3.8) is 0 Å². The number of hydrogen-bond donors (Lipinski definition) is 0. The van der Waals surface area contributed by atoms with Gasteiger partial charge in [-0.1, -0.05) is 57.9 Å². The maximum atomic E-state index is 10.9. The molecule has 3 radical (unpaired) electrons. The molecule has 0 saturated carbocycles. The topological polar surface area (TPSA) is 46.1 Å². The normalized spacial score (nSPS) is 9.54.